The van der Waals surface area contributed by atoms with Gasteiger partial charge in [-0.25, -0.2) is 0 Å². The monoisotopic (exact) mass is 281 g/mol. The molecule has 1 rings (SSSR count). The molecule has 0 unspecified atom stereocenters. The second-order valence-electron chi connectivity index (χ2n) is 4.03. The molecule has 104 valence electrons. The fourth-order valence-corrected chi connectivity index (χ4v) is 2.08. The van der Waals surface area contributed by atoms with Gasteiger partial charge in [0.25, 0.3) is 0 Å². The molecule has 1 aromatic rings. The molecule has 0 aliphatic heterocycles. The number of carbonyl (C=O) groups excluding carboxylic acids is 2. The molecule has 0 fully saturated rings. The lowest BCUT2D eigenvalue weighted by Gasteiger charge is -2.17. The van der Waals surface area contributed by atoms with Gasteiger partial charge in [-0.15, -0.1) is 11.8 Å². The predicted octanol–water partition coefficient (Wildman–Crippen LogP) is 1.02. The molecule has 6 heteroatoms. The Kier molecular flexibility index (Phi) is 6.38. The highest BCUT2D eigenvalue weighted by molar-refractivity contribution is 7.98. The van der Waals surface area contributed by atoms with E-state index in [9.17, 15) is 9.59 Å². The van der Waals surface area contributed by atoms with Gasteiger partial charge in [-0.2, -0.15) is 0 Å². The summed E-state index contributed by atoms with van der Waals surface area (Å²) in [6, 6.07) is 7.57. The Balaban J connectivity index is 2.58. The minimum Gasteiger partial charge on any atom is -0.335 e. The Bertz CT molecular complexity index is 451. The Labute approximate surface area is 117 Å². The number of rotatable bonds is 6. The molecule has 2 N–H and O–H groups in total. The van der Waals surface area contributed by atoms with Gasteiger partial charge in [0, 0.05) is 11.9 Å². The molecule has 0 heterocycles. The van der Waals surface area contributed by atoms with Gasteiger partial charge in [-0.3, -0.25) is 9.59 Å². The molecule has 0 radical (unpaired) electrons. The summed E-state index contributed by atoms with van der Waals surface area (Å²) in [4.78, 5) is 25.8. The normalized spacial score (nSPS) is 10.1. The van der Waals surface area contributed by atoms with Crippen LogP contribution in [0.1, 0.15) is 0 Å². The van der Waals surface area contributed by atoms with Gasteiger partial charge in [0.2, 0.25) is 11.8 Å². The van der Waals surface area contributed by atoms with Crippen LogP contribution in [0, 0.1) is 0 Å². The number of hydrogen-bond donors (Lipinski definition) is 2. The van der Waals surface area contributed by atoms with Crippen LogP contribution in [0.15, 0.2) is 29.2 Å². The van der Waals surface area contributed by atoms with Gasteiger partial charge in [-0.1, -0.05) is 12.1 Å². The predicted molar refractivity (Wildman–Crippen MR) is 78.4 cm³/mol. The van der Waals surface area contributed by atoms with Crippen LogP contribution in [-0.4, -0.2) is 50.2 Å². The van der Waals surface area contributed by atoms with E-state index in [1.807, 2.05) is 30.5 Å². The number of amides is 2. The summed E-state index contributed by atoms with van der Waals surface area (Å²) in [7, 11) is 3.31. The van der Waals surface area contributed by atoms with Crippen molar-refractivity contribution in [2.24, 2.45) is 0 Å². The Morgan fingerprint density at radius 3 is 2.63 bits per heavy atom. The number of carbonyl (C=O) groups is 2. The van der Waals surface area contributed by atoms with Crippen molar-refractivity contribution >= 4 is 29.3 Å². The van der Waals surface area contributed by atoms with E-state index < -0.39 is 0 Å². The van der Waals surface area contributed by atoms with Gasteiger partial charge in [0.05, 0.1) is 18.8 Å². The second-order valence-corrected chi connectivity index (χ2v) is 4.88. The van der Waals surface area contributed by atoms with E-state index >= 15 is 0 Å². The van der Waals surface area contributed by atoms with E-state index in [1.54, 1.807) is 25.9 Å². The molecule has 0 spiro atoms. The van der Waals surface area contributed by atoms with Crippen LogP contribution < -0.4 is 10.6 Å². The summed E-state index contributed by atoms with van der Waals surface area (Å²) in [6.45, 7) is 0.272. The number of hydrogen-bond acceptors (Lipinski definition) is 4. The highest BCUT2D eigenvalue weighted by atomic mass is 32.2. The largest absolute Gasteiger partial charge is 0.335 e. The highest BCUT2D eigenvalue weighted by Gasteiger charge is 2.13. The molecule has 2 amide bonds. The van der Waals surface area contributed by atoms with Gasteiger partial charge in [0.1, 0.15) is 0 Å². The number of nitrogens with zero attached hydrogens (tertiary/aromatic N) is 1. The molecule has 5 nitrogen and oxygen atoms in total. The zero-order valence-corrected chi connectivity index (χ0v) is 12.2. The van der Waals surface area contributed by atoms with E-state index in [2.05, 4.69) is 10.6 Å². The zero-order valence-electron chi connectivity index (χ0n) is 11.4. The van der Waals surface area contributed by atoms with E-state index in [0.717, 1.165) is 10.6 Å². The SMILES string of the molecule is CNCC(=O)N(C)CC(=O)Nc1ccccc1SC. The van der Waals surface area contributed by atoms with E-state index in [0.29, 0.717) is 0 Å². The standard InChI is InChI=1S/C13H19N3O2S/c1-14-8-13(18)16(2)9-12(17)15-10-6-4-5-7-11(10)19-3/h4-7,14H,8-9H2,1-3H3,(H,15,17). The van der Waals surface area contributed by atoms with E-state index in [-0.39, 0.29) is 24.9 Å². The van der Waals surface area contributed by atoms with Crippen molar-refractivity contribution < 1.29 is 9.59 Å². The van der Waals surface area contributed by atoms with Crippen molar-refractivity contribution in [3.63, 3.8) is 0 Å². The maximum atomic E-state index is 11.9. The third-order valence-electron chi connectivity index (χ3n) is 2.52. The maximum Gasteiger partial charge on any atom is 0.244 e. The third-order valence-corrected chi connectivity index (χ3v) is 3.31. The van der Waals surface area contributed by atoms with Crippen molar-refractivity contribution in [2.75, 3.05) is 38.8 Å². The van der Waals surface area contributed by atoms with Crippen molar-refractivity contribution in [2.45, 2.75) is 4.90 Å². The Morgan fingerprint density at radius 2 is 2.00 bits per heavy atom. The van der Waals surface area contributed by atoms with Crippen LogP contribution >= 0.6 is 11.8 Å². The lowest BCUT2D eigenvalue weighted by Crippen LogP contribution is -2.39. The quantitative estimate of drug-likeness (QED) is 0.765. The number of likely N-dealkylation sites (N-methyl/N-ethyl adjacent to an activating group) is 2. The summed E-state index contributed by atoms with van der Waals surface area (Å²) in [5.41, 5.74) is 0.773. The van der Waals surface area contributed by atoms with Crippen molar-refractivity contribution in [1.29, 1.82) is 0 Å². The molecule has 0 aliphatic rings. The lowest BCUT2D eigenvalue weighted by atomic mass is 10.3. The van der Waals surface area contributed by atoms with E-state index in [1.165, 1.54) is 4.90 Å². The highest BCUT2D eigenvalue weighted by Crippen LogP contribution is 2.24. The minimum atomic E-state index is -0.201. The molecule has 0 aliphatic carbocycles. The molecule has 0 aromatic heterocycles. The number of para-hydroxylation sites is 1. The fourth-order valence-electron chi connectivity index (χ4n) is 1.53. The molecular formula is C13H19N3O2S. The first-order chi connectivity index (χ1) is 9.08. The summed E-state index contributed by atoms with van der Waals surface area (Å²) in [5.74, 6) is -0.316. The number of benzene rings is 1. The molecular weight excluding hydrogens is 262 g/mol. The first-order valence-corrected chi connectivity index (χ1v) is 7.12. The van der Waals surface area contributed by atoms with Crippen molar-refractivity contribution in [3.8, 4) is 0 Å². The molecule has 0 bridgehead atoms. The summed E-state index contributed by atoms with van der Waals surface area (Å²) >= 11 is 1.57. The van der Waals surface area contributed by atoms with Crippen molar-refractivity contribution in [3.05, 3.63) is 24.3 Å². The van der Waals surface area contributed by atoms with Gasteiger partial charge >= 0.3 is 0 Å². The molecule has 0 saturated carbocycles. The average Bonchev–Trinajstić information content (AvgIpc) is 2.39. The van der Waals surface area contributed by atoms with Crippen molar-refractivity contribution in [1.82, 2.24) is 10.2 Å². The molecule has 1 aromatic carbocycles. The molecule has 0 atom stereocenters. The fraction of sp³-hybridized carbons (Fsp3) is 0.385. The summed E-state index contributed by atoms with van der Waals surface area (Å²) in [5, 5.41) is 5.58. The van der Waals surface area contributed by atoms with Gasteiger partial charge in [0.15, 0.2) is 0 Å². The number of nitrogens with one attached hydrogen (secondary N) is 2. The zero-order chi connectivity index (χ0) is 14.3. The Morgan fingerprint density at radius 1 is 1.32 bits per heavy atom. The van der Waals surface area contributed by atoms with Crippen LogP contribution in [0.4, 0.5) is 5.69 Å². The number of thioether (sulfide) groups is 1. The third kappa shape index (κ3) is 4.92. The number of anilines is 1. The maximum absolute atomic E-state index is 11.9. The molecule has 19 heavy (non-hydrogen) atoms. The first-order valence-electron chi connectivity index (χ1n) is 5.90. The smallest absolute Gasteiger partial charge is 0.244 e. The molecule has 0 saturated heterocycles. The van der Waals surface area contributed by atoms with Gasteiger partial charge in [-0.05, 0) is 25.4 Å². The summed E-state index contributed by atoms with van der Waals surface area (Å²) in [6.07, 6.45) is 1.95. The summed E-state index contributed by atoms with van der Waals surface area (Å²) < 4.78 is 0. The van der Waals surface area contributed by atoms with Crippen LogP contribution in [0.3, 0.4) is 0 Å². The first kappa shape index (κ1) is 15.5. The Hall–Kier alpha value is -1.53. The lowest BCUT2D eigenvalue weighted by molar-refractivity contribution is -0.132. The topological polar surface area (TPSA) is 61.4 Å². The minimum absolute atomic E-state index is 0.0449. The van der Waals surface area contributed by atoms with E-state index in [4.69, 9.17) is 0 Å². The van der Waals surface area contributed by atoms with Crippen LogP contribution in [0.5, 0.6) is 0 Å². The van der Waals surface area contributed by atoms with Crippen LogP contribution in [0.2, 0.25) is 0 Å². The van der Waals surface area contributed by atoms with Gasteiger partial charge < -0.3 is 15.5 Å². The second kappa shape index (κ2) is 7.81. The average molecular weight is 281 g/mol. The van der Waals surface area contributed by atoms with Crippen LogP contribution in [-0.2, 0) is 9.59 Å². The van der Waals surface area contributed by atoms with Crippen LogP contribution in [0.25, 0.3) is 0 Å².